The summed E-state index contributed by atoms with van der Waals surface area (Å²) < 4.78 is 15.6. The van der Waals surface area contributed by atoms with Crippen LogP contribution >= 0.6 is 0 Å². The lowest BCUT2D eigenvalue weighted by Crippen LogP contribution is -2.21. The van der Waals surface area contributed by atoms with E-state index >= 15 is 0 Å². The number of hydrogen-bond donors (Lipinski definition) is 0. The first-order valence-electron chi connectivity index (χ1n) is 11.1. The van der Waals surface area contributed by atoms with Gasteiger partial charge >= 0.3 is 0 Å². The van der Waals surface area contributed by atoms with E-state index in [2.05, 4.69) is 90.1 Å². The molecule has 1 aromatic heterocycles. The molecule has 5 aromatic rings. The quantitative estimate of drug-likeness (QED) is 0.279. The molecular formula is C30H25FN2. The van der Waals surface area contributed by atoms with E-state index in [0.717, 1.165) is 17.1 Å². The molecule has 33 heavy (non-hydrogen) atoms. The van der Waals surface area contributed by atoms with Crippen LogP contribution in [0.5, 0.6) is 0 Å². The zero-order chi connectivity index (χ0) is 22.8. The molecule has 0 fully saturated rings. The van der Waals surface area contributed by atoms with Gasteiger partial charge in [0.25, 0.3) is 0 Å². The van der Waals surface area contributed by atoms with E-state index in [0.29, 0.717) is 0 Å². The minimum atomic E-state index is -0.258. The molecule has 0 bridgehead atoms. The van der Waals surface area contributed by atoms with Gasteiger partial charge in [-0.3, -0.25) is 4.57 Å². The van der Waals surface area contributed by atoms with Crippen LogP contribution in [-0.2, 0) is 5.41 Å². The molecular weight excluding hydrogens is 407 g/mol. The molecule has 0 N–H and O–H groups in total. The molecule has 0 saturated carbocycles. The van der Waals surface area contributed by atoms with Crippen LogP contribution in [0, 0.1) is 5.82 Å². The van der Waals surface area contributed by atoms with E-state index in [4.69, 9.17) is 0 Å². The van der Waals surface area contributed by atoms with Gasteiger partial charge in [0.2, 0.25) is 0 Å². The van der Waals surface area contributed by atoms with Crippen LogP contribution in [0.15, 0.2) is 116 Å². The van der Waals surface area contributed by atoms with Crippen molar-refractivity contribution in [3.8, 4) is 28.2 Å². The minimum Gasteiger partial charge on any atom is -0.300 e. The van der Waals surface area contributed by atoms with E-state index in [1.807, 2.05) is 18.3 Å². The second kappa shape index (κ2) is 8.51. The predicted molar refractivity (Wildman–Crippen MR) is 133 cm³/mol. The van der Waals surface area contributed by atoms with Gasteiger partial charge < -0.3 is 0 Å². The predicted octanol–water partition coefficient (Wildman–Crippen LogP) is 7.67. The number of halogens is 1. The van der Waals surface area contributed by atoms with Gasteiger partial charge in [-0.15, -0.1) is 0 Å². The molecule has 0 radical (unpaired) electrons. The third kappa shape index (κ3) is 3.98. The van der Waals surface area contributed by atoms with Gasteiger partial charge in [-0.25, -0.2) is 9.37 Å². The molecule has 4 aromatic carbocycles. The van der Waals surface area contributed by atoms with Gasteiger partial charge in [-0.05, 0) is 52.6 Å². The van der Waals surface area contributed by atoms with E-state index in [9.17, 15) is 4.39 Å². The lowest BCUT2D eigenvalue weighted by atomic mass is 9.76. The Morgan fingerprint density at radius 2 is 1.39 bits per heavy atom. The van der Waals surface area contributed by atoms with Crippen molar-refractivity contribution in [2.75, 3.05) is 0 Å². The summed E-state index contributed by atoms with van der Waals surface area (Å²) in [5.41, 5.74) is 6.51. The molecule has 0 atom stereocenters. The zero-order valence-electron chi connectivity index (χ0n) is 18.7. The third-order valence-electron chi connectivity index (χ3n) is 6.27. The lowest BCUT2D eigenvalue weighted by Gasteiger charge is -2.29. The van der Waals surface area contributed by atoms with Gasteiger partial charge in [-0.1, -0.05) is 86.6 Å². The van der Waals surface area contributed by atoms with Crippen LogP contribution in [0.25, 0.3) is 28.2 Å². The fraction of sp³-hybridized carbons (Fsp3) is 0.100. The summed E-state index contributed by atoms with van der Waals surface area (Å²) in [4.78, 5) is 4.58. The Balaban J connectivity index is 1.61. The van der Waals surface area contributed by atoms with Crippen LogP contribution in [0.4, 0.5) is 4.39 Å². The SMILES string of the molecule is CC(C)(c1cccc(-c2ccccc2)c1)c1ccccc1-n1ccnc1-c1ccc(F)cc1. The van der Waals surface area contributed by atoms with Crippen LogP contribution in [0.3, 0.4) is 0 Å². The molecule has 0 aliphatic heterocycles. The maximum Gasteiger partial charge on any atom is 0.144 e. The Labute approximate surface area is 194 Å². The standard InChI is InChI=1S/C30H25FN2/c1-30(2,25-12-8-11-24(21-25)22-9-4-3-5-10-22)27-13-6-7-14-28(27)33-20-19-32-29(33)23-15-17-26(31)18-16-23/h3-21H,1-2H3. The maximum absolute atomic E-state index is 13.5. The van der Waals surface area contributed by atoms with Gasteiger partial charge in [-0.2, -0.15) is 0 Å². The van der Waals surface area contributed by atoms with Gasteiger partial charge in [0.05, 0.1) is 5.69 Å². The molecule has 0 spiro atoms. The van der Waals surface area contributed by atoms with Crippen molar-refractivity contribution >= 4 is 0 Å². The number of imidazole rings is 1. The second-order valence-corrected chi connectivity index (χ2v) is 8.72. The van der Waals surface area contributed by atoms with Gasteiger partial charge in [0, 0.05) is 23.4 Å². The molecule has 5 rings (SSSR count). The Morgan fingerprint density at radius 1 is 0.697 bits per heavy atom. The number of rotatable bonds is 5. The zero-order valence-corrected chi connectivity index (χ0v) is 18.7. The highest BCUT2D eigenvalue weighted by Crippen LogP contribution is 2.38. The van der Waals surface area contributed by atoms with Gasteiger partial charge in [0.1, 0.15) is 11.6 Å². The molecule has 162 valence electrons. The van der Waals surface area contributed by atoms with Crippen molar-refractivity contribution in [3.63, 3.8) is 0 Å². The first-order chi connectivity index (χ1) is 16.0. The van der Waals surface area contributed by atoms with Crippen LogP contribution in [0.2, 0.25) is 0 Å². The summed E-state index contributed by atoms with van der Waals surface area (Å²) in [7, 11) is 0. The largest absolute Gasteiger partial charge is 0.300 e. The highest BCUT2D eigenvalue weighted by Gasteiger charge is 2.27. The first kappa shape index (κ1) is 20.9. The Kier molecular flexibility index (Phi) is 5.39. The summed E-state index contributed by atoms with van der Waals surface area (Å²) in [6, 6.07) is 34.1. The Hall–Kier alpha value is -3.98. The first-order valence-corrected chi connectivity index (χ1v) is 11.1. The van der Waals surface area contributed by atoms with Crippen molar-refractivity contribution in [2.45, 2.75) is 19.3 Å². The molecule has 3 heteroatoms. The third-order valence-corrected chi connectivity index (χ3v) is 6.27. The van der Waals surface area contributed by atoms with E-state index < -0.39 is 0 Å². The fourth-order valence-corrected chi connectivity index (χ4v) is 4.40. The summed E-state index contributed by atoms with van der Waals surface area (Å²) in [5.74, 6) is 0.535. The topological polar surface area (TPSA) is 17.8 Å². The van der Waals surface area contributed by atoms with Crippen LogP contribution < -0.4 is 0 Å². The normalized spacial score (nSPS) is 11.5. The van der Waals surface area contributed by atoms with Gasteiger partial charge in [0.15, 0.2) is 0 Å². The van der Waals surface area contributed by atoms with Crippen molar-refractivity contribution in [1.29, 1.82) is 0 Å². The number of para-hydroxylation sites is 1. The molecule has 0 aliphatic carbocycles. The molecule has 2 nitrogen and oxygen atoms in total. The van der Waals surface area contributed by atoms with E-state index in [-0.39, 0.29) is 11.2 Å². The average Bonchev–Trinajstić information content (AvgIpc) is 3.35. The number of aromatic nitrogens is 2. The Bertz CT molecular complexity index is 1380. The lowest BCUT2D eigenvalue weighted by molar-refractivity contribution is 0.628. The molecule has 0 saturated heterocycles. The second-order valence-electron chi connectivity index (χ2n) is 8.72. The monoisotopic (exact) mass is 432 g/mol. The molecule has 0 aliphatic rings. The summed E-state index contributed by atoms with van der Waals surface area (Å²) >= 11 is 0. The highest BCUT2D eigenvalue weighted by atomic mass is 19.1. The Morgan fingerprint density at radius 3 is 2.18 bits per heavy atom. The average molecular weight is 433 g/mol. The van der Waals surface area contributed by atoms with Crippen molar-refractivity contribution in [3.05, 3.63) is 132 Å². The molecule has 1 heterocycles. The number of hydrogen-bond acceptors (Lipinski definition) is 1. The summed E-state index contributed by atoms with van der Waals surface area (Å²) in [6.45, 7) is 4.51. The fourth-order valence-electron chi connectivity index (χ4n) is 4.40. The van der Waals surface area contributed by atoms with E-state index in [1.54, 1.807) is 18.3 Å². The highest BCUT2D eigenvalue weighted by molar-refractivity contribution is 5.66. The maximum atomic E-state index is 13.5. The summed E-state index contributed by atoms with van der Waals surface area (Å²) in [5, 5.41) is 0. The number of nitrogens with zero attached hydrogens (tertiary/aromatic N) is 2. The minimum absolute atomic E-state index is 0.253. The smallest absolute Gasteiger partial charge is 0.144 e. The molecule has 0 amide bonds. The van der Waals surface area contributed by atoms with Crippen molar-refractivity contribution in [2.24, 2.45) is 0 Å². The van der Waals surface area contributed by atoms with Crippen LogP contribution in [-0.4, -0.2) is 9.55 Å². The number of benzene rings is 4. The van der Waals surface area contributed by atoms with Crippen molar-refractivity contribution in [1.82, 2.24) is 9.55 Å². The van der Waals surface area contributed by atoms with Crippen LogP contribution in [0.1, 0.15) is 25.0 Å². The van der Waals surface area contributed by atoms with E-state index in [1.165, 1.54) is 34.4 Å². The van der Waals surface area contributed by atoms with Crippen molar-refractivity contribution < 1.29 is 4.39 Å². The molecule has 0 unspecified atom stereocenters. The summed E-state index contributed by atoms with van der Waals surface area (Å²) in [6.07, 6.45) is 3.76.